The predicted octanol–water partition coefficient (Wildman–Crippen LogP) is 3.96. The Morgan fingerprint density at radius 1 is 1.08 bits per heavy atom. The van der Waals surface area contributed by atoms with Crippen LogP contribution in [0.3, 0.4) is 0 Å². The van der Waals surface area contributed by atoms with E-state index in [1.165, 1.54) is 11.4 Å². The van der Waals surface area contributed by atoms with Gasteiger partial charge in [0.05, 0.1) is 12.0 Å². The zero-order valence-corrected chi connectivity index (χ0v) is 22.9. The van der Waals surface area contributed by atoms with Crippen LogP contribution in [0.4, 0.5) is 0 Å². The first kappa shape index (κ1) is 28.7. The van der Waals surface area contributed by atoms with Gasteiger partial charge in [-0.05, 0) is 55.5 Å². The zero-order chi connectivity index (χ0) is 26.8. The van der Waals surface area contributed by atoms with E-state index in [0.29, 0.717) is 18.6 Å². The number of hydrogen-bond donors (Lipinski definition) is 1. The molecule has 202 valence electrons. The van der Waals surface area contributed by atoms with E-state index < -0.39 is 16.1 Å². The molecular formula is C28H39N3O5S. The third-order valence-corrected chi connectivity index (χ3v) is 8.76. The van der Waals surface area contributed by atoms with Gasteiger partial charge in [0.1, 0.15) is 11.8 Å². The van der Waals surface area contributed by atoms with Gasteiger partial charge in [-0.3, -0.25) is 9.59 Å². The second-order valence-corrected chi connectivity index (χ2v) is 11.6. The van der Waals surface area contributed by atoms with Crippen molar-refractivity contribution in [3.8, 4) is 5.75 Å². The molecule has 3 rings (SSSR count). The minimum Gasteiger partial charge on any atom is -0.497 e. The molecule has 0 saturated heterocycles. The summed E-state index contributed by atoms with van der Waals surface area (Å²) in [5.74, 6) is 0.372. The Labute approximate surface area is 221 Å². The van der Waals surface area contributed by atoms with Crippen LogP contribution >= 0.6 is 0 Å². The fourth-order valence-electron chi connectivity index (χ4n) is 4.74. The van der Waals surface area contributed by atoms with Gasteiger partial charge in [0.25, 0.3) is 0 Å². The van der Waals surface area contributed by atoms with Gasteiger partial charge in [0, 0.05) is 32.6 Å². The molecule has 8 nitrogen and oxygen atoms in total. The summed E-state index contributed by atoms with van der Waals surface area (Å²) in [6, 6.07) is 15.3. The van der Waals surface area contributed by atoms with Crippen molar-refractivity contribution in [2.75, 3.05) is 20.7 Å². The van der Waals surface area contributed by atoms with Crippen LogP contribution in [-0.4, -0.2) is 62.2 Å². The largest absolute Gasteiger partial charge is 0.497 e. The van der Waals surface area contributed by atoms with Gasteiger partial charge in [-0.1, -0.05) is 50.1 Å². The highest BCUT2D eigenvalue weighted by molar-refractivity contribution is 7.89. The molecule has 2 amide bonds. The maximum atomic E-state index is 13.5. The molecule has 1 aliphatic carbocycles. The molecule has 0 spiro atoms. The second-order valence-electron chi connectivity index (χ2n) is 9.53. The number of amides is 2. The first-order valence-electron chi connectivity index (χ1n) is 13.0. The number of ether oxygens (including phenoxy) is 1. The van der Waals surface area contributed by atoms with Crippen molar-refractivity contribution in [2.45, 2.75) is 75.4 Å². The van der Waals surface area contributed by atoms with E-state index in [0.717, 1.165) is 31.2 Å². The van der Waals surface area contributed by atoms with Gasteiger partial charge in [-0.15, -0.1) is 0 Å². The Balaban J connectivity index is 1.71. The van der Waals surface area contributed by atoms with E-state index in [9.17, 15) is 18.0 Å². The monoisotopic (exact) mass is 529 g/mol. The van der Waals surface area contributed by atoms with Crippen LogP contribution in [-0.2, 0) is 26.2 Å². The molecule has 0 aromatic heterocycles. The third kappa shape index (κ3) is 7.79. The molecule has 1 unspecified atom stereocenters. The summed E-state index contributed by atoms with van der Waals surface area (Å²) in [6.07, 6.45) is 5.10. The van der Waals surface area contributed by atoms with Crippen molar-refractivity contribution in [2.24, 2.45) is 0 Å². The normalized spacial score (nSPS) is 14.9. The van der Waals surface area contributed by atoms with Crippen LogP contribution in [0.5, 0.6) is 5.75 Å². The summed E-state index contributed by atoms with van der Waals surface area (Å²) in [4.78, 5) is 28.6. The van der Waals surface area contributed by atoms with E-state index >= 15 is 0 Å². The van der Waals surface area contributed by atoms with Gasteiger partial charge >= 0.3 is 0 Å². The Hall–Kier alpha value is -2.91. The number of benzene rings is 2. The number of hydrogen-bond acceptors (Lipinski definition) is 5. The van der Waals surface area contributed by atoms with Crippen molar-refractivity contribution < 1.29 is 22.7 Å². The van der Waals surface area contributed by atoms with Crippen LogP contribution in [0, 0.1) is 0 Å². The lowest BCUT2D eigenvalue weighted by Gasteiger charge is -2.32. The van der Waals surface area contributed by atoms with E-state index in [2.05, 4.69) is 5.32 Å². The zero-order valence-electron chi connectivity index (χ0n) is 22.1. The van der Waals surface area contributed by atoms with Gasteiger partial charge in [-0.25, -0.2) is 12.7 Å². The second kappa shape index (κ2) is 13.6. The van der Waals surface area contributed by atoms with Crippen molar-refractivity contribution in [3.63, 3.8) is 0 Å². The van der Waals surface area contributed by atoms with Crippen LogP contribution in [0.2, 0.25) is 0 Å². The van der Waals surface area contributed by atoms with E-state index in [1.54, 1.807) is 42.3 Å². The SMILES string of the molecule is CCC(C(=O)NC1CCCC1)N(Cc1cccc(OC)c1)C(=O)CCCN(C)S(=O)(=O)c1ccccc1. The van der Waals surface area contributed by atoms with Crippen LogP contribution in [0.15, 0.2) is 59.5 Å². The number of nitrogens with zero attached hydrogens (tertiary/aromatic N) is 2. The highest BCUT2D eigenvalue weighted by Gasteiger charge is 2.30. The topological polar surface area (TPSA) is 96.0 Å². The fraction of sp³-hybridized carbons (Fsp3) is 0.500. The molecule has 2 aromatic carbocycles. The molecule has 9 heteroatoms. The first-order valence-corrected chi connectivity index (χ1v) is 14.4. The smallest absolute Gasteiger partial charge is 0.243 e. The van der Waals surface area contributed by atoms with Gasteiger partial charge in [0.15, 0.2) is 0 Å². The van der Waals surface area contributed by atoms with Crippen LogP contribution < -0.4 is 10.1 Å². The minimum atomic E-state index is -3.63. The quantitative estimate of drug-likeness (QED) is 0.424. The molecule has 1 fully saturated rings. The molecule has 1 atom stereocenters. The summed E-state index contributed by atoms with van der Waals surface area (Å²) in [6.45, 7) is 2.37. The summed E-state index contributed by atoms with van der Waals surface area (Å²) in [5.41, 5.74) is 0.864. The Bertz CT molecular complexity index is 1130. The molecule has 1 saturated carbocycles. The van der Waals surface area contributed by atoms with Crippen LogP contribution in [0.25, 0.3) is 0 Å². The Kier molecular flexibility index (Phi) is 10.5. The molecule has 1 aliphatic rings. The average Bonchev–Trinajstić information content (AvgIpc) is 3.42. The maximum absolute atomic E-state index is 13.5. The Morgan fingerprint density at radius 3 is 2.43 bits per heavy atom. The number of nitrogens with one attached hydrogen (secondary N) is 1. The lowest BCUT2D eigenvalue weighted by atomic mass is 10.1. The van der Waals surface area contributed by atoms with E-state index in [-0.39, 0.29) is 42.3 Å². The number of carbonyl (C=O) groups excluding carboxylic acids is 2. The molecule has 37 heavy (non-hydrogen) atoms. The molecular weight excluding hydrogens is 490 g/mol. The minimum absolute atomic E-state index is 0.130. The highest BCUT2D eigenvalue weighted by Crippen LogP contribution is 2.21. The van der Waals surface area contributed by atoms with Gasteiger partial charge < -0.3 is 15.0 Å². The summed E-state index contributed by atoms with van der Waals surface area (Å²) < 4.78 is 32.2. The lowest BCUT2D eigenvalue weighted by molar-refractivity contribution is -0.141. The predicted molar refractivity (Wildman–Crippen MR) is 144 cm³/mol. The third-order valence-electron chi connectivity index (χ3n) is 6.89. The molecule has 2 aromatic rings. The highest BCUT2D eigenvalue weighted by atomic mass is 32.2. The van der Waals surface area contributed by atoms with E-state index in [4.69, 9.17) is 4.74 Å². The fourth-order valence-corrected chi connectivity index (χ4v) is 5.97. The molecule has 0 bridgehead atoms. The standard InChI is InChI=1S/C28H39N3O5S/c1-4-26(28(33)29-23-13-8-9-14-23)31(21-22-12-10-15-24(20-22)36-3)27(32)18-11-19-30(2)37(34,35)25-16-6-5-7-17-25/h5-7,10,12,15-17,20,23,26H,4,8-9,11,13-14,18-19,21H2,1-3H3,(H,29,33). The number of methoxy groups -OCH3 is 1. The summed E-state index contributed by atoms with van der Waals surface area (Å²) >= 11 is 0. The Morgan fingerprint density at radius 2 is 1.78 bits per heavy atom. The van der Waals surface area contributed by atoms with Crippen LogP contribution in [0.1, 0.15) is 57.4 Å². The van der Waals surface area contributed by atoms with Crippen molar-refractivity contribution >= 4 is 21.8 Å². The van der Waals surface area contributed by atoms with Crippen molar-refractivity contribution in [3.05, 3.63) is 60.2 Å². The molecule has 1 N–H and O–H groups in total. The van der Waals surface area contributed by atoms with Gasteiger partial charge in [-0.2, -0.15) is 0 Å². The summed E-state index contributed by atoms with van der Waals surface area (Å²) in [7, 11) is -0.523. The average molecular weight is 530 g/mol. The number of sulfonamides is 1. The van der Waals surface area contributed by atoms with E-state index in [1.807, 2.05) is 31.2 Å². The lowest BCUT2D eigenvalue weighted by Crippen LogP contribution is -2.51. The molecule has 0 aliphatic heterocycles. The number of carbonyl (C=O) groups is 2. The molecule has 0 heterocycles. The number of rotatable bonds is 13. The maximum Gasteiger partial charge on any atom is 0.243 e. The summed E-state index contributed by atoms with van der Waals surface area (Å²) in [5, 5.41) is 3.14. The molecule has 0 radical (unpaired) electrons. The van der Waals surface area contributed by atoms with Crippen molar-refractivity contribution in [1.82, 2.24) is 14.5 Å². The van der Waals surface area contributed by atoms with Crippen molar-refractivity contribution in [1.29, 1.82) is 0 Å². The van der Waals surface area contributed by atoms with Gasteiger partial charge in [0.2, 0.25) is 21.8 Å². The first-order chi connectivity index (χ1) is 17.8.